The minimum absolute atomic E-state index is 0.0157. The molecule has 0 bridgehead atoms. The summed E-state index contributed by atoms with van der Waals surface area (Å²) >= 11 is 0. The van der Waals surface area contributed by atoms with Crippen molar-refractivity contribution < 1.29 is 31.9 Å². The molecule has 2 aliphatic heterocycles. The van der Waals surface area contributed by atoms with E-state index in [1.54, 1.807) is 20.8 Å². The number of fused-ring (bicyclic) bond motifs is 2. The number of nitrogens with two attached hydrogens (primary N) is 1. The summed E-state index contributed by atoms with van der Waals surface area (Å²) < 4.78 is 62.6. The van der Waals surface area contributed by atoms with Crippen molar-refractivity contribution >= 4 is 23.3 Å². The van der Waals surface area contributed by atoms with E-state index >= 15 is 4.39 Å². The van der Waals surface area contributed by atoms with Gasteiger partial charge in [-0.05, 0) is 32.9 Å². The lowest BCUT2D eigenvalue weighted by atomic mass is 9.99. The molecule has 0 aromatic carbocycles. The van der Waals surface area contributed by atoms with Crippen LogP contribution >= 0.6 is 0 Å². The summed E-state index contributed by atoms with van der Waals surface area (Å²) in [7, 11) is 0. The van der Waals surface area contributed by atoms with Gasteiger partial charge in [-0.1, -0.05) is 0 Å². The van der Waals surface area contributed by atoms with Gasteiger partial charge in [0.2, 0.25) is 0 Å². The van der Waals surface area contributed by atoms with Crippen molar-refractivity contribution in [2.45, 2.75) is 51.2 Å². The molecule has 0 aliphatic carbocycles. The van der Waals surface area contributed by atoms with E-state index in [0.29, 0.717) is 12.1 Å². The maximum absolute atomic E-state index is 15.0. The van der Waals surface area contributed by atoms with Gasteiger partial charge in [-0.3, -0.25) is 9.78 Å². The number of amides is 2. The molecule has 1 fully saturated rings. The summed E-state index contributed by atoms with van der Waals surface area (Å²) in [5.74, 6) is -0.873. The molecule has 2 aliphatic rings. The summed E-state index contributed by atoms with van der Waals surface area (Å²) in [5, 5.41) is 3.93. The Kier molecular flexibility index (Phi) is 5.95. The number of pyridine rings is 1. The molecule has 38 heavy (non-hydrogen) atoms. The molecule has 0 saturated carbocycles. The Balaban J connectivity index is 1.47. The molecule has 3 aromatic rings. The summed E-state index contributed by atoms with van der Waals surface area (Å²) in [6.07, 6.45) is -4.18. The molecule has 0 radical (unpaired) electrons. The Bertz CT molecular complexity index is 1430. The van der Waals surface area contributed by atoms with Crippen molar-refractivity contribution in [3.05, 3.63) is 41.5 Å². The second-order valence-corrected chi connectivity index (χ2v) is 10.3. The van der Waals surface area contributed by atoms with Crippen LogP contribution in [0, 0.1) is 0 Å². The van der Waals surface area contributed by atoms with Crippen LogP contribution in [0.3, 0.4) is 0 Å². The average Bonchev–Trinajstić information content (AvgIpc) is 3.40. The Morgan fingerprint density at radius 2 is 1.89 bits per heavy atom. The number of ether oxygens (including phenoxy) is 1. The largest absolute Gasteiger partial charge is 0.444 e. The van der Waals surface area contributed by atoms with E-state index in [1.165, 1.54) is 22.1 Å². The maximum atomic E-state index is 15.0. The third-order valence-corrected chi connectivity index (χ3v) is 6.51. The van der Waals surface area contributed by atoms with Crippen molar-refractivity contribution in [1.82, 2.24) is 29.4 Å². The van der Waals surface area contributed by atoms with Crippen LogP contribution in [0.2, 0.25) is 0 Å². The maximum Gasteiger partial charge on any atom is 0.418 e. The van der Waals surface area contributed by atoms with E-state index < -0.39 is 47.1 Å². The molecular formula is C24H25F4N7O3. The highest BCUT2D eigenvalue weighted by molar-refractivity contribution is 5.98. The Hall–Kier alpha value is -3.97. The van der Waals surface area contributed by atoms with Crippen LogP contribution in [0.1, 0.15) is 42.4 Å². The number of hydrogen-bond acceptors (Lipinski definition) is 7. The first-order valence-corrected chi connectivity index (χ1v) is 11.9. The predicted octanol–water partition coefficient (Wildman–Crippen LogP) is 3.35. The summed E-state index contributed by atoms with van der Waals surface area (Å²) in [6, 6.07) is 1.40. The number of halogens is 4. The lowest BCUT2D eigenvalue weighted by Crippen LogP contribution is -2.49. The molecule has 5 heterocycles. The molecule has 1 saturated heterocycles. The number of carbonyl (C=O) groups is 2. The standard InChI is InChI=1S/C24H25F4N7O3/c1-23(2,3)38-22(37)33-9-15(25)18(10-33)34-5-4-16-13(21(34)36)6-12(8-30-16)17-7-14(24(26,27)28)19-20(29)31-11-32-35(17)19/h6-8,11,15,18H,4-5,9-10H2,1-3H3,(H2,29,31,32). The van der Waals surface area contributed by atoms with E-state index in [1.807, 2.05) is 0 Å². The zero-order chi connectivity index (χ0) is 27.6. The van der Waals surface area contributed by atoms with Gasteiger partial charge in [0.25, 0.3) is 5.91 Å². The Labute approximate surface area is 214 Å². The Morgan fingerprint density at radius 1 is 1.16 bits per heavy atom. The second kappa shape index (κ2) is 8.81. The molecule has 2 unspecified atom stereocenters. The van der Waals surface area contributed by atoms with Crippen molar-refractivity contribution in [3.63, 3.8) is 0 Å². The molecule has 2 atom stereocenters. The number of rotatable bonds is 2. The predicted molar refractivity (Wildman–Crippen MR) is 127 cm³/mol. The van der Waals surface area contributed by atoms with Crippen molar-refractivity contribution in [2.75, 3.05) is 25.4 Å². The minimum atomic E-state index is -4.73. The molecule has 2 N–H and O–H groups in total. The molecule has 14 heteroatoms. The van der Waals surface area contributed by atoms with Gasteiger partial charge in [-0.2, -0.15) is 18.3 Å². The number of nitrogen functional groups attached to an aromatic ring is 1. The summed E-state index contributed by atoms with van der Waals surface area (Å²) in [6.45, 7) is 5.03. The normalized spacial score (nSPS) is 20.2. The number of carbonyl (C=O) groups excluding carboxylic acids is 2. The van der Waals surface area contributed by atoms with Crippen LogP contribution in [0.5, 0.6) is 0 Å². The number of aromatic nitrogens is 4. The molecule has 2 amide bonds. The average molecular weight is 536 g/mol. The number of anilines is 1. The first-order valence-electron chi connectivity index (χ1n) is 11.9. The first kappa shape index (κ1) is 25.7. The van der Waals surface area contributed by atoms with E-state index in [4.69, 9.17) is 10.5 Å². The number of likely N-dealkylation sites (tertiary alicyclic amines) is 1. The highest BCUT2D eigenvalue weighted by Gasteiger charge is 2.44. The van der Waals surface area contributed by atoms with E-state index in [9.17, 15) is 22.8 Å². The highest BCUT2D eigenvalue weighted by Crippen LogP contribution is 2.39. The van der Waals surface area contributed by atoms with Gasteiger partial charge >= 0.3 is 12.3 Å². The minimum Gasteiger partial charge on any atom is -0.444 e. The number of alkyl halides is 4. The smallest absolute Gasteiger partial charge is 0.418 e. The van der Waals surface area contributed by atoms with Crippen LogP contribution in [-0.2, 0) is 17.3 Å². The lowest BCUT2D eigenvalue weighted by Gasteiger charge is -2.34. The molecule has 3 aromatic heterocycles. The van der Waals surface area contributed by atoms with Crippen molar-refractivity contribution in [1.29, 1.82) is 0 Å². The topological polar surface area (TPSA) is 119 Å². The number of nitrogens with zero attached hydrogens (tertiary/aromatic N) is 6. The van der Waals surface area contributed by atoms with Crippen LogP contribution in [0.25, 0.3) is 16.8 Å². The second-order valence-electron chi connectivity index (χ2n) is 10.3. The SMILES string of the molecule is CC(C)(C)OC(=O)N1CC(F)C(N2CCc3ncc(-c4cc(C(F)(F)F)c5c(N)ncnn45)cc3C2=O)C1. The van der Waals surface area contributed by atoms with E-state index in [-0.39, 0.29) is 42.3 Å². The van der Waals surface area contributed by atoms with Gasteiger partial charge in [0.05, 0.1) is 35.1 Å². The van der Waals surface area contributed by atoms with Gasteiger partial charge in [0.15, 0.2) is 5.82 Å². The van der Waals surface area contributed by atoms with Crippen molar-refractivity contribution in [3.8, 4) is 11.3 Å². The van der Waals surface area contributed by atoms with E-state index in [0.717, 1.165) is 16.9 Å². The van der Waals surface area contributed by atoms with Crippen LogP contribution in [0.15, 0.2) is 24.7 Å². The van der Waals surface area contributed by atoms with Gasteiger partial charge in [-0.15, -0.1) is 0 Å². The molecule has 10 nitrogen and oxygen atoms in total. The fraction of sp³-hybridized carbons (Fsp3) is 0.458. The van der Waals surface area contributed by atoms with Gasteiger partial charge in [0, 0.05) is 31.3 Å². The molecule has 0 spiro atoms. The third-order valence-electron chi connectivity index (χ3n) is 6.51. The third kappa shape index (κ3) is 4.47. The van der Waals surface area contributed by atoms with Crippen LogP contribution in [0.4, 0.5) is 28.2 Å². The van der Waals surface area contributed by atoms with Gasteiger partial charge < -0.3 is 20.3 Å². The summed E-state index contributed by atoms with van der Waals surface area (Å²) in [5.41, 5.74) is 4.33. The zero-order valence-corrected chi connectivity index (χ0v) is 20.8. The van der Waals surface area contributed by atoms with Gasteiger partial charge in [0.1, 0.15) is 23.6 Å². The lowest BCUT2D eigenvalue weighted by molar-refractivity contribution is -0.136. The van der Waals surface area contributed by atoms with Crippen LogP contribution < -0.4 is 5.73 Å². The highest BCUT2D eigenvalue weighted by atomic mass is 19.4. The zero-order valence-electron chi connectivity index (χ0n) is 20.8. The van der Waals surface area contributed by atoms with Crippen LogP contribution in [-0.4, -0.2) is 78.8 Å². The Morgan fingerprint density at radius 3 is 2.58 bits per heavy atom. The first-order chi connectivity index (χ1) is 17.7. The van der Waals surface area contributed by atoms with Gasteiger partial charge in [-0.25, -0.2) is 18.7 Å². The molecule has 5 rings (SSSR count). The van der Waals surface area contributed by atoms with Crippen molar-refractivity contribution in [2.24, 2.45) is 0 Å². The monoisotopic (exact) mass is 535 g/mol. The fourth-order valence-corrected chi connectivity index (χ4v) is 4.82. The summed E-state index contributed by atoms with van der Waals surface area (Å²) in [4.78, 5) is 36.5. The molecule has 202 valence electrons. The van der Waals surface area contributed by atoms with E-state index in [2.05, 4.69) is 15.1 Å². The fourth-order valence-electron chi connectivity index (χ4n) is 4.82. The quantitative estimate of drug-likeness (QED) is 0.500. The molecular weight excluding hydrogens is 510 g/mol. The number of hydrogen-bond donors (Lipinski definition) is 1.